The average molecular weight is 211 g/mol. The number of hydrogen-bond donors (Lipinski definition) is 2. The van der Waals surface area contributed by atoms with Gasteiger partial charge in [-0.2, -0.15) is 0 Å². The Balaban J connectivity index is 2.23. The SMILES string of the molecule is Nc1cccc2[nH]c(-c3cnccn3)nc12. The minimum absolute atomic E-state index is 0.656. The largest absolute Gasteiger partial charge is 0.397 e. The molecule has 2 aromatic heterocycles. The molecule has 0 atom stereocenters. The van der Waals surface area contributed by atoms with Crippen LogP contribution in [-0.4, -0.2) is 19.9 Å². The van der Waals surface area contributed by atoms with Crippen LogP contribution in [0.15, 0.2) is 36.8 Å². The number of H-pyrrole nitrogens is 1. The number of anilines is 1. The van der Waals surface area contributed by atoms with Crippen molar-refractivity contribution < 1.29 is 0 Å². The van der Waals surface area contributed by atoms with Crippen LogP contribution in [0.5, 0.6) is 0 Å². The second-order valence-electron chi connectivity index (χ2n) is 3.42. The van der Waals surface area contributed by atoms with E-state index in [2.05, 4.69) is 19.9 Å². The predicted molar refractivity (Wildman–Crippen MR) is 61.5 cm³/mol. The van der Waals surface area contributed by atoms with Crippen LogP contribution in [-0.2, 0) is 0 Å². The number of rotatable bonds is 1. The Bertz CT molecular complexity index is 629. The summed E-state index contributed by atoms with van der Waals surface area (Å²) in [6, 6.07) is 5.64. The minimum atomic E-state index is 0.656. The maximum Gasteiger partial charge on any atom is 0.158 e. The second-order valence-corrected chi connectivity index (χ2v) is 3.42. The van der Waals surface area contributed by atoms with E-state index < -0.39 is 0 Å². The van der Waals surface area contributed by atoms with Crippen LogP contribution in [0.25, 0.3) is 22.6 Å². The molecule has 1 aromatic carbocycles. The highest BCUT2D eigenvalue weighted by Crippen LogP contribution is 2.21. The highest BCUT2D eigenvalue weighted by Gasteiger charge is 2.07. The van der Waals surface area contributed by atoms with Crippen molar-refractivity contribution >= 4 is 16.7 Å². The Labute approximate surface area is 91.4 Å². The molecule has 0 spiro atoms. The van der Waals surface area contributed by atoms with Gasteiger partial charge >= 0.3 is 0 Å². The summed E-state index contributed by atoms with van der Waals surface area (Å²) in [5, 5.41) is 0. The number of aromatic amines is 1. The van der Waals surface area contributed by atoms with Gasteiger partial charge in [-0.15, -0.1) is 0 Å². The number of imidazole rings is 1. The summed E-state index contributed by atoms with van der Waals surface area (Å²) in [6.07, 6.45) is 4.92. The van der Waals surface area contributed by atoms with Crippen molar-refractivity contribution in [3.63, 3.8) is 0 Å². The van der Waals surface area contributed by atoms with Crippen molar-refractivity contribution in [2.75, 3.05) is 5.73 Å². The lowest BCUT2D eigenvalue weighted by molar-refractivity contribution is 1.17. The van der Waals surface area contributed by atoms with Gasteiger partial charge in [0.25, 0.3) is 0 Å². The molecule has 3 N–H and O–H groups in total. The van der Waals surface area contributed by atoms with Crippen LogP contribution in [0.2, 0.25) is 0 Å². The van der Waals surface area contributed by atoms with Crippen molar-refractivity contribution in [3.05, 3.63) is 36.8 Å². The molecule has 0 aliphatic carbocycles. The van der Waals surface area contributed by atoms with E-state index in [0.29, 0.717) is 17.2 Å². The molecule has 5 nitrogen and oxygen atoms in total. The van der Waals surface area contributed by atoms with Crippen LogP contribution in [0.1, 0.15) is 0 Å². The third kappa shape index (κ3) is 1.30. The van der Waals surface area contributed by atoms with E-state index in [-0.39, 0.29) is 0 Å². The van der Waals surface area contributed by atoms with Crippen molar-refractivity contribution in [3.8, 4) is 11.5 Å². The summed E-state index contributed by atoms with van der Waals surface area (Å²) in [5.41, 5.74) is 8.86. The Morgan fingerprint density at radius 1 is 1.19 bits per heavy atom. The number of hydrogen-bond acceptors (Lipinski definition) is 4. The van der Waals surface area contributed by atoms with Gasteiger partial charge in [0.1, 0.15) is 11.2 Å². The van der Waals surface area contributed by atoms with Crippen molar-refractivity contribution in [1.29, 1.82) is 0 Å². The minimum Gasteiger partial charge on any atom is -0.397 e. The zero-order valence-corrected chi connectivity index (χ0v) is 8.38. The zero-order chi connectivity index (χ0) is 11.0. The molecule has 0 bridgehead atoms. The predicted octanol–water partition coefficient (Wildman–Crippen LogP) is 1.60. The number of fused-ring (bicyclic) bond motifs is 1. The number of aromatic nitrogens is 4. The fourth-order valence-electron chi connectivity index (χ4n) is 1.60. The third-order valence-electron chi connectivity index (χ3n) is 2.35. The fourth-order valence-corrected chi connectivity index (χ4v) is 1.60. The average Bonchev–Trinajstić information content (AvgIpc) is 2.76. The summed E-state index contributed by atoms with van der Waals surface area (Å²) in [7, 11) is 0. The molecule has 0 aliphatic heterocycles. The van der Waals surface area contributed by atoms with Gasteiger partial charge in [-0.1, -0.05) is 6.07 Å². The smallest absolute Gasteiger partial charge is 0.158 e. The first-order valence-electron chi connectivity index (χ1n) is 4.85. The number of nitrogens with one attached hydrogen (secondary N) is 1. The van der Waals surface area contributed by atoms with E-state index in [1.165, 1.54) is 0 Å². The van der Waals surface area contributed by atoms with Gasteiger partial charge in [-0.25, -0.2) is 9.97 Å². The van der Waals surface area contributed by atoms with E-state index in [1.807, 2.05) is 18.2 Å². The van der Waals surface area contributed by atoms with E-state index in [4.69, 9.17) is 5.73 Å². The standard InChI is InChI=1S/C11H9N5/c12-7-2-1-3-8-10(7)16-11(15-8)9-6-13-4-5-14-9/h1-6H,12H2,(H,15,16). The molecule has 0 aliphatic rings. The Morgan fingerprint density at radius 3 is 2.88 bits per heavy atom. The number of nitrogen functional groups attached to an aromatic ring is 1. The molecule has 5 heteroatoms. The van der Waals surface area contributed by atoms with Crippen LogP contribution < -0.4 is 5.73 Å². The maximum absolute atomic E-state index is 5.83. The van der Waals surface area contributed by atoms with Crippen LogP contribution in [0.3, 0.4) is 0 Å². The monoisotopic (exact) mass is 211 g/mol. The summed E-state index contributed by atoms with van der Waals surface area (Å²) < 4.78 is 0. The van der Waals surface area contributed by atoms with Gasteiger partial charge in [0.05, 0.1) is 17.4 Å². The number of benzene rings is 1. The number of nitrogens with zero attached hydrogens (tertiary/aromatic N) is 3. The molecule has 0 amide bonds. The van der Waals surface area contributed by atoms with Crippen LogP contribution in [0, 0.1) is 0 Å². The lowest BCUT2D eigenvalue weighted by atomic mass is 10.3. The first-order valence-corrected chi connectivity index (χ1v) is 4.85. The summed E-state index contributed by atoms with van der Waals surface area (Å²) in [6.45, 7) is 0. The first-order chi connectivity index (χ1) is 7.84. The van der Waals surface area contributed by atoms with Gasteiger partial charge in [-0.05, 0) is 12.1 Å². The van der Waals surface area contributed by atoms with E-state index in [9.17, 15) is 0 Å². The fraction of sp³-hybridized carbons (Fsp3) is 0. The zero-order valence-electron chi connectivity index (χ0n) is 8.38. The molecule has 0 saturated carbocycles. The number of nitrogens with two attached hydrogens (primary N) is 1. The summed E-state index contributed by atoms with van der Waals surface area (Å²) >= 11 is 0. The molecule has 2 heterocycles. The number of para-hydroxylation sites is 1. The van der Waals surface area contributed by atoms with Crippen molar-refractivity contribution in [2.24, 2.45) is 0 Å². The molecule has 3 aromatic rings. The van der Waals surface area contributed by atoms with Gasteiger partial charge in [0.15, 0.2) is 5.82 Å². The van der Waals surface area contributed by atoms with E-state index >= 15 is 0 Å². The lowest BCUT2D eigenvalue weighted by Gasteiger charge is -1.91. The Morgan fingerprint density at radius 2 is 2.12 bits per heavy atom. The molecule has 0 radical (unpaired) electrons. The van der Waals surface area contributed by atoms with Gasteiger partial charge in [0.2, 0.25) is 0 Å². The molecule has 0 fully saturated rings. The molecule has 0 saturated heterocycles. The van der Waals surface area contributed by atoms with E-state index in [1.54, 1.807) is 18.6 Å². The molecular formula is C11H9N5. The molecule has 3 rings (SSSR count). The highest BCUT2D eigenvalue weighted by molar-refractivity contribution is 5.88. The lowest BCUT2D eigenvalue weighted by Crippen LogP contribution is -1.86. The first kappa shape index (κ1) is 8.84. The van der Waals surface area contributed by atoms with Gasteiger partial charge in [0, 0.05) is 12.4 Å². The third-order valence-corrected chi connectivity index (χ3v) is 2.35. The summed E-state index contributed by atoms with van der Waals surface area (Å²) in [4.78, 5) is 15.7. The van der Waals surface area contributed by atoms with E-state index in [0.717, 1.165) is 11.0 Å². The maximum atomic E-state index is 5.83. The van der Waals surface area contributed by atoms with Crippen molar-refractivity contribution in [2.45, 2.75) is 0 Å². The quantitative estimate of drug-likeness (QED) is 0.599. The topological polar surface area (TPSA) is 80.5 Å². The van der Waals surface area contributed by atoms with Crippen LogP contribution in [0.4, 0.5) is 5.69 Å². The second kappa shape index (κ2) is 3.30. The Hall–Kier alpha value is -2.43. The summed E-state index contributed by atoms with van der Waals surface area (Å²) in [5.74, 6) is 0.681. The normalized spacial score (nSPS) is 10.8. The van der Waals surface area contributed by atoms with Gasteiger partial charge < -0.3 is 10.7 Å². The Kier molecular flexibility index (Phi) is 1.83. The highest BCUT2D eigenvalue weighted by atomic mass is 15.0. The molecule has 16 heavy (non-hydrogen) atoms. The molecular weight excluding hydrogens is 202 g/mol. The van der Waals surface area contributed by atoms with Crippen LogP contribution >= 0.6 is 0 Å². The molecule has 0 unspecified atom stereocenters. The molecule has 78 valence electrons. The van der Waals surface area contributed by atoms with Crippen molar-refractivity contribution in [1.82, 2.24) is 19.9 Å². The van der Waals surface area contributed by atoms with Gasteiger partial charge in [-0.3, -0.25) is 4.98 Å².